The van der Waals surface area contributed by atoms with Gasteiger partial charge in [-0.1, -0.05) is 72.3 Å². The van der Waals surface area contributed by atoms with Crippen LogP contribution in [0, 0.1) is 6.92 Å². The number of carbonyl (C=O) groups is 1. The molecule has 1 N–H and O–H groups in total. The lowest BCUT2D eigenvalue weighted by atomic mass is 9.98. The molecule has 0 saturated heterocycles. The second kappa shape index (κ2) is 7.56. The first-order valence-corrected chi connectivity index (χ1v) is 9.11. The second-order valence-corrected chi connectivity index (χ2v) is 6.74. The average molecular weight is 372 g/mol. The van der Waals surface area contributed by atoms with E-state index in [1.54, 1.807) is 18.2 Å². The molecule has 4 rings (SSSR count). The highest BCUT2D eigenvalue weighted by Crippen LogP contribution is 2.22. The smallest absolute Gasteiger partial charge is 0.408 e. The van der Waals surface area contributed by atoms with Crippen molar-refractivity contribution < 1.29 is 9.21 Å². The minimum absolute atomic E-state index is 0.106. The molecule has 0 spiro atoms. The third kappa shape index (κ3) is 3.60. The van der Waals surface area contributed by atoms with Crippen LogP contribution in [-0.4, -0.2) is 10.5 Å². The lowest BCUT2D eigenvalue weighted by molar-refractivity contribution is -0.122. The molecule has 28 heavy (non-hydrogen) atoms. The molecule has 0 aliphatic carbocycles. The largest absolute Gasteiger partial charge is 0.420 e. The molecule has 0 fully saturated rings. The van der Waals surface area contributed by atoms with Crippen molar-refractivity contribution in [2.75, 3.05) is 0 Å². The zero-order chi connectivity index (χ0) is 19.5. The van der Waals surface area contributed by atoms with E-state index in [0.717, 1.165) is 16.7 Å². The Balaban J connectivity index is 1.63. The predicted octanol–water partition coefficient (Wildman–Crippen LogP) is 3.81. The molecule has 140 valence electrons. The molecule has 3 aromatic carbocycles. The Hall–Kier alpha value is -3.60. The second-order valence-electron chi connectivity index (χ2n) is 6.74. The number of hydrogen-bond donors (Lipinski definition) is 1. The molecule has 0 aliphatic heterocycles. The topological polar surface area (TPSA) is 64.2 Å². The summed E-state index contributed by atoms with van der Waals surface area (Å²) in [6, 6.07) is 24.6. The quantitative estimate of drug-likeness (QED) is 0.579. The number of aryl methyl sites for hydroxylation is 1. The van der Waals surface area contributed by atoms with E-state index in [9.17, 15) is 9.59 Å². The molecular formula is C23H20N2O3. The van der Waals surface area contributed by atoms with Crippen LogP contribution in [0.2, 0.25) is 0 Å². The molecule has 1 unspecified atom stereocenters. The van der Waals surface area contributed by atoms with Gasteiger partial charge in [-0.3, -0.25) is 9.36 Å². The van der Waals surface area contributed by atoms with E-state index in [1.165, 1.54) is 4.57 Å². The van der Waals surface area contributed by atoms with Gasteiger partial charge in [-0.05, 0) is 30.2 Å². The highest BCUT2D eigenvalue weighted by molar-refractivity contribution is 5.80. The van der Waals surface area contributed by atoms with Gasteiger partial charge in [-0.15, -0.1) is 0 Å². The summed E-state index contributed by atoms with van der Waals surface area (Å²) in [6.07, 6.45) is 0. The van der Waals surface area contributed by atoms with Gasteiger partial charge in [0.05, 0.1) is 11.6 Å². The van der Waals surface area contributed by atoms with Crippen molar-refractivity contribution >= 4 is 17.0 Å². The highest BCUT2D eigenvalue weighted by atomic mass is 16.4. The Bertz CT molecular complexity index is 1160. The summed E-state index contributed by atoms with van der Waals surface area (Å²) in [4.78, 5) is 25.0. The summed E-state index contributed by atoms with van der Waals surface area (Å²) < 4.78 is 6.56. The van der Waals surface area contributed by atoms with Crippen molar-refractivity contribution in [3.63, 3.8) is 0 Å². The van der Waals surface area contributed by atoms with Crippen LogP contribution < -0.4 is 11.1 Å². The van der Waals surface area contributed by atoms with E-state index in [0.29, 0.717) is 11.1 Å². The number of hydrogen-bond acceptors (Lipinski definition) is 3. The predicted molar refractivity (Wildman–Crippen MR) is 108 cm³/mol. The number of nitrogens with zero attached hydrogens (tertiary/aromatic N) is 1. The molecule has 0 bridgehead atoms. The van der Waals surface area contributed by atoms with Crippen molar-refractivity contribution in [3.8, 4) is 0 Å². The summed E-state index contributed by atoms with van der Waals surface area (Å²) in [5.41, 5.74) is 4.18. The number of nitrogens with one attached hydrogen (secondary N) is 1. The maximum Gasteiger partial charge on any atom is 0.420 e. The summed E-state index contributed by atoms with van der Waals surface area (Å²) in [5.74, 6) is -0.800. The number of amides is 1. The maximum absolute atomic E-state index is 12.8. The first kappa shape index (κ1) is 17.8. The summed E-state index contributed by atoms with van der Waals surface area (Å²) in [6.45, 7) is 1.92. The normalized spacial score (nSPS) is 12.0. The van der Waals surface area contributed by atoms with Crippen LogP contribution in [0.1, 0.15) is 22.7 Å². The van der Waals surface area contributed by atoms with Crippen molar-refractivity contribution in [1.29, 1.82) is 0 Å². The number of para-hydroxylation sites is 2. The van der Waals surface area contributed by atoms with Crippen LogP contribution in [0.15, 0.2) is 88.1 Å². The minimum atomic E-state index is -0.539. The Morgan fingerprint density at radius 3 is 2.32 bits per heavy atom. The molecule has 0 aliphatic rings. The fraction of sp³-hybridized carbons (Fsp3) is 0.130. The van der Waals surface area contributed by atoms with E-state index in [4.69, 9.17) is 4.42 Å². The van der Waals surface area contributed by atoms with Crippen molar-refractivity contribution in [2.24, 2.45) is 0 Å². The van der Waals surface area contributed by atoms with Gasteiger partial charge in [0.1, 0.15) is 6.54 Å². The molecule has 1 heterocycles. The van der Waals surface area contributed by atoms with Gasteiger partial charge >= 0.3 is 5.76 Å². The van der Waals surface area contributed by atoms with Gasteiger partial charge in [-0.2, -0.15) is 0 Å². The molecule has 5 heteroatoms. The van der Waals surface area contributed by atoms with Crippen molar-refractivity contribution in [2.45, 2.75) is 19.5 Å². The average Bonchev–Trinajstić information content (AvgIpc) is 3.03. The van der Waals surface area contributed by atoms with Crippen LogP contribution in [-0.2, 0) is 11.3 Å². The summed E-state index contributed by atoms with van der Waals surface area (Å²) in [5, 5.41) is 3.06. The zero-order valence-electron chi connectivity index (χ0n) is 15.5. The standard InChI is InChI=1S/C23H20N2O3/c1-16-11-13-18(14-12-16)22(17-7-3-2-4-8-17)24-21(26)15-25-19-9-5-6-10-20(19)28-23(25)27/h2-14,22H,15H2,1H3,(H,24,26). The van der Waals surface area contributed by atoms with Crippen LogP contribution in [0.25, 0.3) is 11.1 Å². The summed E-state index contributed by atoms with van der Waals surface area (Å²) >= 11 is 0. The number of oxazole rings is 1. The molecule has 1 aromatic heterocycles. The van der Waals surface area contributed by atoms with E-state index in [1.807, 2.05) is 67.6 Å². The first-order chi connectivity index (χ1) is 13.6. The van der Waals surface area contributed by atoms with Gasteiger partial charge in [0, 0.05) is 0 Å². The Kier molecular flexibility index (Phi) is 4.81. The highest BCUT2D eigenvalue weighted by Gasteiger charge is 2.19. The first-order valence-electron chi connectivity index (χ1n) is 9.11. The van der Waals surface area contributed by atoms with Crippen molar-refractivity contribution in [1.82, 2.24) is 9.88 Å². The van der Waals surface area contributed by atoms with E-state index >= 15 is 0 Å². The minimum Gasteiger partial charge on any atom is -0.408 e. The molecule has 4 aromatic rings. The van der Waals surface area contributed by atoms with E-state index < -0.39 is 5.76 Å². The van der Waals surface area contributed by atoms with E-state index in [-0.39, 0.29) is 18.5 Å². The van der Waals surface area contributed by atoms with Gasteiger partial charge < -0.3 is 9.73 Å². The fourth-order valence-electron chi connectivity index (χ4n) is 3.28. The Labute approximate surface area is 162 Å². The third-order valence-electron chi connectivity index (χ3n) is 4.72. The molecular weight excluding hydrogens is 352 g/mol. The van der Waals surface area contributed by atoms with Crippen molar-refractivity contribution in [3.05, 3.63) is 106 Å². The van der Waals surface area contributed by atoms with Gasteiger partial charge in [0.15, 0.2) is 5.58 Å². The molecule has 0 radical (unpaired) electrons. The maximum atomic E-state index is 12.8. The monoisotopic (exact) mass is 372 g/mol. The molecule has 0 saturated carbocycles. The van der Waals surface area contributed by atoms with Gasteiger partial charge in [-0.25, -0.2) is 4.79 Å². The Morgan fingerprint density at radius 2 is 1.57 bits per heavy atom. The molecule has 5 nitrogen and oxygen atoms in total. The van der Waals surface area contributed by atoms with Crippen LogP contribution >= 0.6 is 0 Å². The number of benzene rings is 3. The van der Waals surface area contributed by atoms with Crippen LogP contribution in [0.3, 0.4) is 0 Å². The molecule has 1 amide bonds. The number of rotatable bonds is 5. The Morgan fingerprint density at radius 1 is 0.929 bits per heavy atom. The number of fused-ring (bicyclic) bond motifs is 1. The lowest BCUT2D eigenvalue weighted by Gasteiger charge is -2.20. The fourth-order valence-corrected chi connectivity index (χ4v) is 3.28. The zero-order valence-corrected chi connectivity index (χ0v) is 15.5. The van der Waals surface area contributed by atoms with Crippen LogP contribution in [0.5, 0.6) is 0 Å². The SMILES string of the molecule is Cc1ccc(C(NC(=O)Cn2c(=O)oc3ccccc32)c2ccccc2)cc1. The molecule has 1 atom stereocenters. The van der Waals surface area contributed by atoms with Crippen LogP contribution in [0.4, 0.5) is 0 Å². The van der Waals surface area contributed by atoms with Gasteiger partial charge in [0.2, 0.25) is 5.91 Å². The summed E-state index contributed by atoms with van der Waals surface area (Å²) in [7, 11) is 0. The van der Waals surface area contributed by atoms with E-state index in [2.05, 4.69) is 5.32 Å². The third-order valence-corrected chi connectivity index (χ3v) is 4.72. The number of carbonyl (C=O) groups excluding carboxylic acids is 1. The van der Waals surface area contributed by atoms with Gasteiger partial charge in [0.25, 0.3) is 0 Å². The number of aromatic nitrogens is 1. The lowest BCUT2D eigenvalue weighted by Crippen LogP contribution is -2.34.